The SMILES string of the molecule is N=CC(=CO)C(=O)C(F)(F)F. The number of Topliss-reactive ketones (excluding diaryl/α,β-unsaturated/α-hetero) is 1. The molecule has 62 valence electrons. The predicted octanol–water partition coefficient (Wildman–Crippen LogP) is 1.21. The van der Waals surface area contributed by atoms with Crippen molar-refractivity contribution >= 4 is 12.0 Å². The lowest BCUT2D eigenvalue weighted by Crippen LogP contribution is -2.25. The molecule has 0 aromatic rings. The molecule has 0 heterocycles. The minimum Gasteiger partial charge on any atom is -0.515 e. The summed E-state index contributed by atoms with van der Waals surface area (Å²) in [5, 5.41) is 14.3. The van der Waals surface area contributed by atoms with Crippen LogP contribution in [0.2, 0.25) is 0 Å². The van der Waals surface area contributed by atoms with Gasteiger partial charge in [0.05, 0.1) is 11.8 Å². The maximum absolute atomic E-state index is 11.5. The van der Waals surface area contributed by atoms with Crippen molar-refractivity contribution in [3.05, 3.63) is 11.8 Å². The molecule has 0 aromatic carbocycles. The van der Waals surface area contributed by atoms with Crippen LogP contribution in [0.5, 0.6) is 0 Å². The molecular weight excluding hydrogens is 163 g/mol. The van der Waals surface area contributed by atoms with Crippen molar-refractivity contribution in [2.45, 2.75) is 6.18 Å². The summed E-state index contributed by atoms with van der Waals surface area (Å²) in [6.45, 7) is 0. The van der Waals surface area contributed by atoms with E-state index in [0.29, 0.717) is 0 Å². The second kappa shape index (κ2) is 3.18. The van der Waals surface area contributed by atoms with Crippen LogP contribution in [0.4, 0.5) is 13.2 Å². The zero-order valence-electron chi connectivity index (χ0n) is 5.14. The Hall–Kier alpha value is -1.33. The Bertz CT molecular complexity index is 206. The minimum atomic E-state index is -5.04. The molecule has 11 heavy (non-hydrogen) atoms. The molecule has 0 unspecified atom stereocenters. The zero-order valence-corrected chi connectivity index (χ0v) is 5.14. The third-order valence-electron chi connectivity index (χ3n) is 0.814. The summed E-state index contributed by atoms with van der Waals surface area (Å²) in [5.41, 5.74) is -1.09. The van der Waals surface area contributed by atoms with Gasteiger partial charge in [-0.3, -0.25) is 4.79 Å². The molecule has 6 heteroatoms. The van der Waals surface area contributed by atoms with Gasteiger partial charge in [0, 0.05) is 6.21 Å². The van der Waals surface area contributed by atoms with Crippen LogP contribution >= 0.6 is 0 Å². The van der Waals surface area contributed by atoms with Crippen LogP contribution < -0.4 is 0 Å². The van der Waals surface area contributed by atoms with E-state index >= 15 is 0 Å². The molecular formula is C5H4F3NO2. The Kier molecular flexibility index (Phi) is 2.79. The average Bonchev–Trinajstić information content (AvgIpc) is 1.88. The van der Waals surface area contributed by atoms with Crippen molar-refractivity contribution in [1.82, 2.24) is 0 Å². The van der Waals surface area contributed by atoms with Crippen LogP contribution in [0, 0.1) is 5.41 Å². The van der Waals surface area contributed by atoms with Crippen molar-refractivity contribution in [3.8, 4) is 0 Å². The first kappa shape index (κ1) is 9.67. The molecule has 0 amide bonds. The van der Waals surface area contributed by atoms with E-state index in [1.54, 1.807) is 0 Å². The fourth-order valence-corrected chi connectivity index (χ4v) is 0.325. The van der Waals surface area contributed by atoms with Gasteiger partial charge in [-0.2, -0.15) is 13.2 Å². The van der Waals surface area contributed by atoms with Gasteiger partial charge in [-0.25, -0.2) is 0 Å². The fraction of sp³-hybridized carbons (Fsp3) is 0.200. The van der Waals surface area contributed by atoms with Crippen molar-refractivity contribution in [3.63, 3.8) is 0 Å². The lowest BCUT2D eigenvalue weighted by Gasteiger charge is -2.02. The number of halogens is 3. The van der Waals surface area contributed by atoms with Gasteiger partial charge in [0.15, 0.2) is 0 Å². The van der Waals surface area contributed by atoms with Gasteiger partial charge < -0.3 is 10.5 Å². The van der Waals surface area contributed by atoms with Crippen LogP contribution in [0.1, 0.15) is 0 Å². The summed E-state index contributed by atoms with van der Waals surface area (Å²) >= 11 is 0. The van der Waals surface area contributed by atoms with Crippen LogP contribution in [-0.4, -0.2) is 23.3 Å². The molecule has 0 fully saturated rings. The third-order valence-corrected chi connectivity index (χ3v) is 0.814. The first-order valence-electron chi connectivity index (χ1n) is 2.40. The van der Waals surface area contributed by atoms with Crippen LogP contribution in [-0.2, 0) is 4.79 Å². The van der Waals surface area contributed by atoms with E-state index < -0.39 is 17.5 Å². The molecule has 0 rings (SSSR count). The van der Waals surface area contributed by atoms with E-state index in [2.05, 4.69) is 0 Å². The minimum absolute atomic E-state index is 0.0528. The number of carbonyl (C=O) groups excluding carboxylic acids is 1. The van der Waals surface area contributed by atoms with Gasteiger partial charge in [0.1, 0.15) is 0 Å². The van der Waals surface area contributed by atoms with Crippen molar-refractivity contribution in [1.29, 1.82) is 5.41 Å². The van der Waals surface area contributed by atoms with Gasteiger partial charge in [0.25, 0.3) is 5.78 Å². The number of aliphatic hydroxyl groups excluding tert-OH is 1. The summed E-state index contributed by atoms with van der Waals surface area (Å²) < 4.78 is 34.4. The molecule has 0 bridgehead atoms. The Morgan fingerprint density at radius 3 is 2.00 bits per heavy atom. The molecule has 2 N–H and O–H groups in total. The Labute approximate surface area is 59.6 Å². The van der Waals surface area contributed by atoms with Crippen LogP contribution in [0.3, 0.4) is 0 Å². The number of alkyl halides is 3. The van der Waals surface area contributed by atoms with Gasteiger partial charge in [-0.15, -0.1) is 0 Å². The largest absolute Gasteiger partial charge is 0.515 e. The topological polar surface area (TPSA) is 61.1 Å². The molecule has 0 aliphatic heterocycles. The van der Waals surface area contributed by atoms with E-state index in [1.165, 1.54) is 0 Å². The quantitative estimate of drug-likeness (QED) is 0.369. The number of ketones is 1. The van der Waals surface area contributed by atoms with E-state index in [4.69, 9.17) is 10.5 Å². The highest BCUT2D eigenvalue weighted by molar-refractivity contribution is 6.14. The van der Waals surface area contributed by atoms with Gasteiger partial charge in [0.2, 0.25) is 0 Å². The Morgan fingerprint density at radius 2 is 1.91 bits per heavy atom. The maximum atomic E-state index is 11.5. The fourth-order valence-electron chi connectivity index (χ4n) is 0.325. The summed E-state index contributed by atoms with van der Waals surface area (Å²) in [6.07, 6.45) is -4.95. The second-order valence-electron chi connectivity index (χ2n) is 1.56. The first-order chi connectivity index (χ1) is 4.93. The third kappa shape index (κ3) is 2.40. The molecule has 0 radical (unpaired) electrons. The summed E-state index contributed by atoms with van der Waals surface area (Å²) in [5.74, 6) is -2.23. The van der Waals surface area contributed by atoms with Gasteiger partial charge >= 0.3 is 6.18 Å². The number of aliphatic hydroxyl groups is 1. The van der Waals surface area contributed by atoms with Crippen molar-refractivity contribution in [2.75, 3.05) is 0 Å². The zero-order chi connectivity index (χ0) is 9.07. The van der Waals surface area contributed by atoms with E-state index in [1.807, 2.05) is 0 Å². The Morgan fingerprint density at radius 1 is 1.45 bits per heavy atom. The van der Waals surface area contributed by atoms with Crippen molar-refractivity contribution < 1.29 is 23.1 Å². The molecule has 0 aromatic heterocycles. The number of carbonyl (C=O) groups is 1. The molecule has 0 saturated carbocycles. The standard InChI is InChI=1S/C5H4F3NO2/c6-5(7,8)4(11)3(1-9)2-10/h1-2,9-10H. The monoisotopic (exact) mass is 167 g/mol. The number of rotatable bonds is 2. The number of hydrogen-bond donors (Lipinski definition) is 2. The van der Waals surface area contributed by atoms with E-state index in [0.717, 1.165) is 0 Å². The van der Waals surface area contributed by atoms with Gasteiger partial charge in [-0.1, -0.05) is 0 Å². The molecule has 0 spiro atoms. The van der Waals surface area contributed by atoms with Crippen LogP contribution in [0.15, 0.2) is 11.8 Å². The predicted molar refractivity (Wildman–Crippen MR) is 30.6 cm³/mol. The summed E-state index contributed by atoms with van der Waals surface area (Å²) in [7, 11) is 0. The Balaban J connectivity index is 4.62. The molecule has 3 nitrogen and oxygen atoms in total. The average molecular weight is 167 g/mol. The first-order valence-corrected chi connectivity index (χ1v) is 2.40. The summed E-state index contributed by atoms with van der Waals surface area (Å²) in [6, 6.07) is 0. The lowest BCUT2D eigenvalue weighted by molar-refractivity contribution is -0.166. The van der Waals surface area contributed by atoms with Gasteiger partial charge in [-0.05, 0) is 0 Å². The normalized spacial score (nSPS) is 12.8. The smallest absolute Gasteiger partial charge is 0.455 e. The van der Waals surface area contributed by atoms with Crippen LogP contribution in [0.25, 0.3) is 0 Å². The maximum Gasteiger partial charge on any atom is 0.455 e. The van der Waals surface area contributed by atoms with E-state index in [9.17, 15) is 18.0 Å². The molecule has 0 aliphatic rings. The number of nitrogens with one attached hydrogen (secondary N) is 1. The number of hydrogen-bond acceptors (Lipinski definition) is 3. The molecule has 0 aliphatic carbocycles. The second-order valence-corrected chi connectivity index (χ2v) is 1.56. The highest BCUT2D eigenvalue weighted by Gasteiger charge is 2.40. The van der Waals surface area contributed by atoms with Crippen molar-refractivity contribution in [2.24, 2.45) is 0 Å². The summed E-state index contributed by atoms with van der Waals surface area (Å²) in [4.78, 5) is 10.1. The highest BCUT2D eigenvalue weighted by atomic mass is 19.4. The number of allylic oxidation sites excluding steroid dienone is 1. The highest BCUT2D eigenvalue weighted by Crippen LogP contribution is 2.19. The molecule has 0 saturated heterocycles. The molecule has 0 atom stereocenters. The lowest BCUT2D eigenvalue weighted by atomic mass is 10.2. The van der Waals surface area contributed by atoms with E-state index in [-0.39, 0.29) is 12.5 Å².